The number of ether oxygens (including phenoxy) is 1. The fourth-order valence-electron chi connectivity index (χ4n) is 1.92. The number of hydrogen-bond donors (Lipinski definition) is 1. The van der Waals surface area contributed by atoms with E-state index in [1.165, 1.54) is 13.0 Å². The van der Waals surface area contributed by atoms with Crippen molar-refractivity contribution in [2.24, 2.45) is 0 Å². The largest absolute Gasteiger partial charge is 0.461 e. The molecule has 1 atom stereocenters. The van der Waals surface area contributed by atoms with Crippen molar-refractivity contribution in [3.05, 3.63) is 45.6 Å². The molecular weight excluding hydrogens is 346 g/mol. The molecule has 9 heteroatoms. The van der Waals surface area contributed by atoms with E-state index in [4.69, 9.17) is 28.0 Å². The molecule has 1 aliphatic rings. The van der Waals surface area contributed by atoms with Crippen molar-refractivity contribution in [1.29, 1.82) is 0 Å². The molecule has 1 heterocycles. The minimum atomic E-state index is -4.86. The summed E-state index contributed by atoms with van der Waals surface area (Å²) in [5, 5.41) is 0.0143. The molecule has 0 amide bonds. The molecule has 0 spiro atoms. The van der Waals surface area contributed by atoms with Gasteiger partial charge in [0.25, 0.3) is 0 Å². The monoisotopic (exact) mass is 355 g/mol. The fourth-order valence-corrected chi connectivity index (χ4v) is 2.45. The molecule has 1 N–H and O–H groups in total. The molecule has 1 aliphatic heterocycles. The Bertz CT molecular complexity index is 613. The SMILES string of the molecule is CCOC(=O)C1=CC(c2cc(Cl)cc(Cl)c2)(C(F)(F)F)ON1. The van der Waals surface area contributed by atoms with Crippen LogP contribution < -0.4 is 5.48 Å². The fraction of sp³-hybridized carbons (Fsp3) is 0.308. The first-order chi connectivity index (χ1) is 10.2. The average Bonchev–Trinajstić information content (AvgIpc) is 2.83. The van der Waals surface area contributed by atoms with Gasteiger partial charge in [-0.15, -0.1) is 0 Å². The Hall–Kier alpha value is -1.44. The molecule has 4 nitrogen and oxygen atoms in total. The summed E-state index contributed by atoms with van der Waals surface area (Å²) in [6.07, 6.45) is -4.25. The van der Waals surface area contributed by atoms with Crippen LogP contribution in [-0.2, 0) is 20.0 Å². The van der Waals surface area contributed by atoms with Crippen molar-refractivity contribution in [3.63, 3.8) is 0 Å². The van der Waals surface area contributed by atoms with E-state index in [1.54, 1.807) is 0 Å². The first kappa shape index (κ1) is 16.9. The number of halogens is 5. The second-order valence-electron chi connectivity index (χ2n) is 4.37. The van der Waals surface area contributed by atoms with Gasteiger partial charge in [0.15, 0.2) is 0 Å². The van der Waals surface area contributed by atoms with Gasteiger partial charge in [0.05, 0.1) is 6.61 Å². The van der Waals surface area contributed by atoms with E-state index in [0.29, 0.717) is 6.08 Å². The third-order valence-corrected chi connectivity index (χ3v) is 3.31. The number of carbonyl (C=O) groups excluding carboxylic acids is 1. The second kappa shape index (κ2) is 5.98. The zero-order chi connectivity index (χ0) is 16.5. The van der Waals surface area contributed by atoms with Crippen LogP contribution in [0.25, 0.3) is 0 Å². The van der Waals surface area contributed by atoms with Gasteiger partial charge in [0, 0.05) is 15.6 Å². The van der Waals surface area contributed by atoms with Crippen LogP contribution in [0.1, 0.15) is 12.5 Å². The van der Waals surface area contributed by atoms with Crippen molar-refractivity contribution in [1.82, 2.24) is 5.48 Å². The van der Waals surface area contributed by atoms with Crippen molar-refractivity contribution < 1.29 is 27.5 Å². The van der Waals surface area contributed by atoms with Gasteiger partial charge >= 0.3 is 12.1 Å². The Labute approximate surface area is 133 Å². The summed E-state index contributed by atoms with van der Waals surface area (Å²) in [5.74, 6) is -0.957. The van der Waals surface area contributed by atoms with E-state index in [9.17, 15) is 18.0 Å². The molecule has 22 heavy (non-hydrogen) atoms. The minimum absolute atomic E-state index is 0.00714. The molecule has 0 saturated heterocycles. The van der Waals surface area contributed by atoms with Crippen LogP contribution in [-0.4, -0.2) is 18.8 Å². The lowest BCUT2D eigenvalue weighted by molar-refractivity contribution is -0.270. The smallest absolute Gasteiger partial charge is 0.428 e. The summed E-state index contributed by atoms with van der Waals surface area (Å²) in [6, 6.07) is 3.41. The van der Waals surface area contributed by atoms with Gasteiger partial charge in [-0.3, -0.25) is 10.3 Å². The van der Waals surface area contributed by atoms with E-state index < -0.39 is 23.4 Å². The maximum atomic E-state index is 13.5. The molecule has 1 aromatic carbocycles. The van der Waals surface area contributed by atoms with Crippen molar-refractivity contribution in [3.8, 4) is 0 Å². The number of carbonyl (C=O) groups is 1. The molecule has 0 radical (unpaired) electrons. The van der Waals surface area contributed by atoms with Gasteiger partial charge in [-0.25, -0.2) is 4.79 Å². The first-order valence-electron chi connectivity index (χ1n) is 6.07. The Balaban J connectivity index is 2.54. The summed E-state index contributed by atoms with van der Waals surface area (Å²) >= 11 is 11.5. The highest BCUT2D eigenvalue weighted by atomic mass is 35.5. The quantitative estimate of drug-likeness (QED) is 0.839. The lowest BCUT2D eigenvalue weighted by Crippen LogP contribution is -2.42. The molecule has 2 rings (SSSR count). The van der Waals surface area contributed by atoms with Crippen molar-refractivity contribution >= 4 is 29.2 Å². The number of alkyl halides is 3. The van der Waals surface area contributed by atoms with Crippen LogP contribution in [0.2, 0.25) is 10.0 Å². The predicted octanol–water partition coefficient (Wildman–Crippen LogP) is 3.73. The molecule has 0 saturated carbocycles. The van der Waals surface area contributed by atoms with E-state index >= 15 is 0 Å². The third kappa shape index (κ3) is 3.02. The van der Waals surface area contributed by atoms with E-state index in [1.807, 2.05) is 5.48 Å². The van der Waals surface area contributed by atoms with Crippen molar-refractivity contribution in [2.45, 2.75) is 18.7 Å². The standard InChI is InChI=1S/C13H10Cl2F3NO3/c1-2-21-11(20)10-6-12(22-19-10,13(16,17)18)7-3-8(14)5-9(15)4-7/h3-6,19H,2H2,1H3. The molecule has 0 aromatic heterocycles. The van der Waals surface area contributed by atoms with Crippen LogP contribution in [0.3, 0.4) is 0 Å². The van der Waals surface area contributed by atoms with Gasteiger partial charge < -0.3 is 4.74 Å². The topological polar surface area (TPSA) is 47.6 Å². The molecule has 1 unspecified atom stereocenters. The molecule has 1 aromatic rings. The lowest BCUT2D eigenvalue weighted by atomic mass is 9.92. The van der Waals surface area contributed by atoms with Crippen molar-refractivity contribution in [2.75, 3.05) is 6.61 Å². The molecule has 0 aliphatic carbocycles. The predicted molar refractivity (Wildman–Crippen MR) is 73.1 cm³/mol. The molecule has 0 bridgehead atoms. The Morgan fingerprint density at radius 2 is 1.91 bits per heavy atom. The van der Waals surface area contributed by atoms with Gasteiger partial charge in [0.1, 0.15) is 5.70 Å². The summed E-state index contributed by atoms with van der Waals surface area (Å²) in [5.41, 5.74) is -1.73. The third-order valence-electron chi connectivity index (χ3n) is 2.88. The highest BCUT2D eigenvalue weighted by molar-refractivity contribution is 6.34. The number of nitrogens with one attached hydrogen (secondary N) is 1. The number of hydrogen-bond acceptors (Lipinski definition) is 4. The molecular formula is C13H10Cl2F3NO3. The van der Waals surface area contributed by atoms with Crippen LogP contribution in [0.5, 0.6) is 0 Å². The highest BCUT2D eigenvalue weighted by Gasteiger charge is 2.60. The Morgan fingerprint density at radius 1 is 1.32 bits per heavy atom. The Morgan fingerprint density at radius 3 is 2.41 bits per heavy atom. The number of benzene rings is 1. The lowest BCUT2D eigenvalue weighted by Gasteiger charge is -2.28. The maximum absolute atomic E-state index is 13.5. The van der Waals surface area contributed by atoms with Crippen LogP contribution in [0.15, 0.2) is 30.0 Å². The summed E-state index contributed by atoms with van der Waals surface area (Å²) in [6.45, 7) is 1.54. The number of esters is 1. The highest BCUT2D eigenvalue weighted by Crippen LogP contribution is 2.47. The van der Waals surface area contributed by atoms with E-state index in [0.717, 1.165) is 12.1 Å². The van der Waals surface area contributed by atoms with Gasteiger partial charge in [-0.2, -0.15) is 13.2 Å². The zero-order valence-corrected chi connectivity index (χ0v) is 12.6. The maximum Gasteiger partial charge on any atom is 0.428 e. The van der Waals surface area contributed by atoms with Crippen LogP contribution in [0.4, 0.5) is 13.2 Å². The summed E-state index contributed by atoms with van der Waals surface area (Å²) in [4.78, 5) is 16.3. The summed E-state index contributed by atoms with van der Waals surface area (Å²) in [7, 11) is 0. The zero-order valence-electron chi connectivity index (χ0n) is 11.1. The molecule has 120 valence electrons. The average molecular weight is 356 g/mol. The second-order valence-corrected chi connectivity index (χ2v) is 5.25. The van der Waals surface area contributed by atoms with Gasteiger partial charge in [-0.1, -0.05) is 23.2 Å². The van der Waals surface area contributed by atoms with E-state index in [-0.39, 0.29) is 22.2 Å². The first-order valence-corrected chi connectivity index (χ1v) is 6.82. The van der Waals surface area contributed by atoms with E-state index in [2.05, 4.69) is 4.74 Å². The number of rotatable bonds is 3. The normalized spacial score (nSPS) is 21.3. The van der Waals surface area contributed by atoms with Gasteiger partial charge in [-0.05, 0) is 31.2 Å². The molecule has 0 fully saturated rings. The van der Waals surface area contributed by atoms with Gasteiger partial charge in [0.2, 0.25) is 5.60 Å². The summed E-state index contributed by atoms with van der Waals surface area (Å²) < 4.78 is 45.3. The Kier molecular flexibility index (Phi) is 4.60. The van der Waals surface area contributed by atoms with Crippen LogP contribution >= 0.6 is 23.2 Å². The minimum Gasteiger partial charge on any atom is -0.461 e. The van der Waals surface area contributed by atoms with Crippen LogP contribution in [0, 0.1) is 0 Å². The number of hydroxylamine groups is 1.